The molecule has 0 aliphatic carbocycles. The Morgan fingerprint density at radius 3 is 2.76 bits per heavy atom. The predicted molar refractivity (Wildman–Crippen MR) is 81.9 cm³/mol. The molecule has 2 heterocycles. The molecule has 3 N–H and O–H groups in total. The van der Waals surface area contributed by atoms with Crippen molar-refractivity contribution in [2.24, 2.45) is 10.7 Å². The molecule has 1 atom stereocenters. The number of rotatable bonds is 1. The number of amidine groups is 1. The minimum Gasteiger partial charge on any atom is -0.457 e. The van der Waals surface area contributed by atoms with Crippen LogP contribution in [0.25, 0.3) is 11.0 Å². The summed E-state index contributed by atoms with van der Waals surface area (Å²) in [7, 11) is 0. The normalized spacial score (nSPS) is 20.6. The minimum atomic E-state index is -1.58. The van der Waals surface area contributed by atoms with Crippen molar-refractivity contribution in [3.05, 3.63) is 64.9 Å². The Labute approximate surface area is 125 Å². The molecule has 2 aromatic carbocycles. The molecule has 0 amide bonds. The molecule has 4 rings (SSSR count). The van der Waals surface area contributed by atoms with E-state index in [4.69, 9.17) is 21.8 Å². The van der Waals surface area contributed by atoms with Gasteiger partial charge in [-0.25, -0.2) is 4.99 Å². The van der Waals surface area contributed by atoms with Gasteiger partial charge in [-0.2, -0.15) is 0 Å². The SMILES string of the molecule is NC1=Nc2ccc(Cl)cc2C1(O)c1cc2ccccc2o1. The topological polar surface area (TPSA) is 71.8 Å². The number of nitrogens with two attached hydrogens (primary N) is 1. The van der Waals surface area contributed by atoms with Crippen LogP contribution >= 0.6 is 11.6 Å². The number of aliphatic imine (C=N–C) groups is 1. The monoisotopic (exact) mass is 298 g/mol. The minimum absolute atomic E-state index is 0.0822. The van der Waals surface area contributed by atoms with Gasteiger partial charge in [0.1, 0.15) is 17.2 Å². The van der Waals surface area contributed by atoms with Gasteiger partial charge >= 0.3 is 0 Å². The Hall–Kier alpha value is -2.30. The lowest BCUT2D eigenvalue weighted by Gasteiger charge is -2.21. The Bertz CT molecular complexity index is 867. The maximum atomic E-state index is 11.1. The van der Waals surface area contributed by atoms with Crippen molar-refractivity contribution >= 4 is 34.1 Å². The van der Waals surface area contributed by atoms with E-state index < -0.39 is 5.60 Å². The van der Waals surface area contributed by atoms with E-state index in [1.54, 1.807) is 24.3 Å². The molecule has 5 heteroatoms. The zero-order valence-corrected chi connectivity index (χ0v) is 11.6. The summed E-state index contributed by atoms with van der Waals surface area (Å²) in [5.74, 6) is 0.421. The van der Waals surface area contributed by atoms with Gasteiger partial charge in [-0.05, 0) is 30.3 Å². The van der Waals surface area contributed by atoms with Crippen LogP contribution < -0.4 is 5.73 Å². The predicted octanol–water partition coefficient (Wildman–Crippen LogP) is 3.32. The molecule has 1 aromatic heterocycles. The summed E-state index contributed by atoms with van der Waals surface area (Å²) in [6, 6.07) is 14.4. The Morgan fingerprint density at radius 2 is 1.95 bits per heavy atom. The molecular weight excluding hydrogens is 288 g/mol. The van der Waals surface area contributed by atoms with Gasteiger partial charge in [0.2, 0.25) is 5.60 Å². The number of hydrogen-bond donors (Lipinski definition) is 2. The van der Waals surface area contributed by atoms with Gasteiger partial charge in [-0.3, -0.25) is 0 Å². The van der Waals surface area contributed by atoms with Gasteiger partial charge in [-0.15, -0.1) is 0 Å². The summed E-state index contributed by atoms with van der Waals surface area (Å²) in [5, 5.41) is 12.5. The number of nitrogens with zero attached hydrogens (tertiary/aromatic N) is 1. The second kappa shape index (κ2) is 4.10. The van der Waals surface area contributed by atoms with Crippen molar-refractivity contribution in [3.63, 3.8) is 0 Å². The lowest BCUT2D eigenvalue weighted by Crippen LogP contribution is -2.39. The van der Waals surface area contributed by atoms with Gasteiger partial charge < -0.3 is 15.3 Å². The molecule has 0 radical (unpaired) electrons. The lowest BCUT2D eigenvalue weighted by molar-refractivity contribution is 0.133. The van der Waals surface area contributed by atoms with Crippen molar-refractivity contribution in [3.8, 4) is 0 Å². The Morgan fingerprint density at radius 1 is 1.14 bits per heavy atom. The molecule has 3 aromatic rings. The van der Waals surface area contributed by atoms with Crippen LogP contribution in [0.3, 0.4) is 0 Å². The van der Waals surface area contributed by atoms with E-state index >= 15 is 0 Å². The molecule has 21 heavy (non-hydrogen) atoms. The van der Waals surface area contributed by atoms with Crippen molar-refractivity contribution < 1.29 is 9.52 Å². The molecule has 1 aliphatic heterocycles. The van der Waals surface area contributed by atoms with E-state index in [-0.39, 0.29) is 5.84 Å². The third-order valence-corrected chi connectivity index (χ3v) is 3.98. The third-order valence-electron chi connectivity index (χ3n) is 3.74. The molecule has 0 saturated carbocycles. The average Bonchev–Trinajstić information content (AvgIpc) is 3.01. The zero-order valence-electron chi connectivity index (χ0n) is 10.9. The number of aliphatic hydroxyl groups is 1. The molecule has 4 nitrogen and oxygen atoms in total. The number of halogens is 1. The van der Waals surface area contributed by atoms with E-state index in [0.29, 0.717) is 27.6 Å². The highest BCUT2D eigenvalue weighted by molar-refractivity contribution is 6.30. The number of para-hydroxylation sites is 1. The van der Waals surface area contributed by atoms with E-state index in [2.05, 4.69) is 4.99 Å². The van der Waals surface area contributed by atoms with Crippen LogP contribution in [0.5, 0.6) is 0 Å². The molecule has 1 unspecified atom stereocenters. The van der Waals surface area contributed by atoms with Gasteiger partial charge in [0.25, 0.3) is 0 Å². The summed E-state index contributed by atoms with van der Waals surface area (Å²) < 4.78 is 5.77. The van der Waals surface area contributed by atoms with Gasteiger partial charge in [0.05, 0.1) is 5.69 Å². The van der Waals surface area contributed by atoms with Crippen LogP contribution in [-0.4, -0.2) is 10.9 Å². The van der Waals surface area contributed by atoms with Crippen LogP contribution in [-0.2, 0) is 5.60 Å². The Kier molecular flexibility index (Phi) is 2.43. The van der Waals surface area contributed by atoms with Crippen molar-refractivity contribution in [2.75, 3.05) is 0 Å². The fourth-order valence-corrected chi connectivity index (χ4v) is 2.84. The molecule has 0 saturated heterocycles. The van der Waals surface area contributed by atoms with E-state index in [0.717, 1.165) is 5.39 Å². The first-order valence-corrected chi connectivity index (χ1v) is 6.83. The second-order valence-corrected chi connectivity index (χ2v) is 5.45. The summed E-state index contributed by atoms with van der Waals surface area (Å²) in [4.78, 5) is 4.22. The standard InChI is InChI=1S/C16H11ClN2O2/c17-10-5-6-12-11(8-10)16(20,15(18)19-12)14-7-9-3-1-2-4-13(9)21-14/h1-8,20H,(H2,18,19). The van der Waals surface area contributed by atoms with E-state index in [1.807, 2.05) is 24.3 Å². The van der Waals surface area contributed by atoms with Gasteiger partial charge in [0.15, 0.2) is 0 Å². The highest BCUT2D eigenvalue weighted by atomic mass is 35.5. The van der Waals surface area contributed by atoms with Gasteiger partial charge in [-0.1, -0.05) is 29.8 Å². The average molecular weight is 299 g/mol. The summed E-state index contributed by atoms with van der Waals surface area (Å²) in [6.07, 6.45) is 0. The van der Waals surface area contributed by atoms with Crippen molar-refractivity contribution in [1.82, 2.24) is 0 Å². The second-order valence-electron chi connectivity index (χ2n) is 5.02. The first-order valence-electron chi connectivity index (χ1n) is 6.45. The summed E-state index contributed by atoms with van der Waals surface area (Å²) in [5.41, 5.74) is 6.20. The summed E-state index contributed by atoms with van der Waals surface area (Å²) in [6.45, 7) is 0. The fraction of sp³-hybridized carbons (Fsp3) is 0.0625. The first kappa shape index (κ1) is 12.4. The van der Waals surface area contributed by atoms with Crippen molar-refractivity contribution in [2.45, 2.75) is 5.60 Å². The smallest absolute Gasteiger partial charge is 0.207 e. The van der Waals surface area contributed by atoms with Crippen LogP contribution in [0, 0.1) is 0 Å². The fourth-order valence-electron chi connectivity index (χ4n) is 2.66. The van der Waals surface area contributed by atoms with Crippen LogP contribution in [0.1, 0.15) is 11.3 Å². The quantitative estimate of drug-likeness (QED) is 0.724. The van der Waals surface area contributed by atoms with Crippen LogP contribution in [0.15, 0.2) is 57.9 Å². The maximum absolute atomic E-state index is 11.1. The van der Waals surface area contributed by atoms with Crippen LogP contribution in [0.4, 0.5) is 5.69 Å². The molecule has 0 bridgehead atoms. The van der Waals surface area contributed by atoms with Gasteiger partial charge in [0, 0.05) is 16.0 Å². The maximum Gasteiger partial charge on any atom is 0.207 e. The number of fused-ring (bicyclic) bond motifs is 2. The highest BCUT2D eigenvalue weighted by Crippen LogP contribution is 2.44. The van der Waals surface area contributed by atoms with Crippen LogP contribution in [0.2, 0.25) is 5.02 Å². The highest BCUT2D eigenvalue weighted by Gasteiger charge is 2.45. The third kappa shape index (κ3) is 1.63. The first-order chi connectivity index (χ1) is 10.1. The number of benzene rings is 2. The zero-order chi connectivity index (χ0) is 14.6. The van der Waals surface area contributed by atoms with E-state index in [9.17, 15) is 5.11 Å². The largest absolute Gasteiger partial charge is 0.457 e. The number of hydrogen-bond acceptors (Lipinski definition) is 4. The molecular formula is C16H11ClN2O2. The lowest BCUT2D eigenvalue weighted by atomic mass is 9.91. The molecule has 104 valence electrons. The Balaban J connectivity index is 1.99. The van der Waals surface area contributed by atoms with E-state index in [1.165, 1.54) is 0 Å². The number of furan rings is 1. The van der Waals surface area contributed by atoms with Crippen molar-refractivity contribution in [1.29, 1.82) is 0 Å². The molecule has 1 aliphatic rings. The molecule has 0 fully saturated rings. The molecule has 0 spiro atoms. The summed E-state index contributed by atoms with van der Waals surface area (Å²) >= 11 is 6.03.